The zero-order valence-corrected chi connectivity index (χ0v) is 12.1. The van der Waals surface area contributed by atoms with Crippen LogP contribution in [0.25, 0.3) is 0 Å². The summed E-state index contributed by atoms with van der Waals surface area (Å²) in [5.74, 6) is -3.65. The predicted molar refractivity (Wildman–Crippen MR) is 71.5 cm³/mol. The molecule has 1 saturated heterocycles. The van der Waals surface area contributed by atoms with Gasteiger partial charge in [0.1, 0.15) is 6.54 Å². The van der Waals surface area contributed by atoms with E-state index in [9.17, 15) is 24.3 Å². The first kappa shape index (κ1) is 16.0. The second-order valence-electron chi connectivity index (χ2n) is 5.54. The zero-order valence-electron chi connectivity index (χ0n) is 12.1. The maximum Gasteiger partial charge on any atom is 0.352 e. The van der Waals surface area contributed by atoms with Crippen LogP contribution in [0, 0.1) is 5.92 Å². The van der Waals surface area contributed by atoms with E-state index >= 15 is 0 Å². The van der Waals surface area contributed by atoms with Crippen LogP contribution in [-0.4, -0.2) is 47.2 Å². The second-order valence-corrected chi connectivity index (χ2v) is 5.54. The Morgan fingerprint density at radius 1 is 1.45 bits per heavy atom. The topological polar surface area (TPSA) is 119 Å². The van der Waals surface area contributed by atoms with Crippen molar-refractivity contribution in [1.82, 2.24) is 5.32 Å². The van der Waals surface area contributed by atoms with Crippen LogP contribution in [0.3, 0.4) is 0 Å². The molecule has 1 aliphatic carbocycles. The minimum atomic E-state index is -1.81. The van der Waals surface area contributed by atoms with Crippen LogP contribution in [0.4, 0.5) is 0 Å². The molecule has 8 nitrogen and oxygen atoms in total. The van der Waals surface area contributed by atoms with Gasteiger partial charge < -0.3 is 19.9 Å². The average molecular weight is 311 g/mol. The number of esters is 2. The smallest absolute Gasteiger partial charge is 0.352 e. The van der Waals surface area contributed by atoms with Gasteiger partial charge in [-0.3, -0.25) is 14.4 Å². The second kappa shape index (κ2) is 5.78. The van der Waals surface area contributed by atoms with Crippen molar-refractivity contribution in [3.63, 3.8) is 0 Å². The molecule has 120 valence electrons. The molecule has 3 atom stereocenters. The summed E-state index contributed by atoms with van der Waals surface area (Å²) >= 11 is 0. The summed E-state index contributed by atoms with van der Waals surface area (Å²) in [6.07, 6.45) is -0.425. The van der Waals surface area contributed by atoms with E-state index in [0.29, 0.717) is 6.42 Å². The van der Waals surface area contributed by atoms with Gasteiger partial charge in [-0.25, -0.2) is 4.79 Å². The number of aliphatic carboxylic acids is 1. The number of carbonyl (C=O) groups excluding carboxylic acids is 3. The van der Waals surface area contributed by atoms with E-state index in [1.807, 2.05) is 0 Å². The summed E-state index contributed by atoms with van der Waals surface area (Å²) in [7, 11) is 0. The van der Waals surface area contributed by atoms with Crippen molar-refractivity contribution >= 4 is 23.8 Å². The predicted octanol–water partition coefficient (Wildman–Crippen LogP) is -0.229. The molecule has 2 N–H and O–H groups in total. The number of carboxylic acid groups (broad SMARTS) is 1. The summed E-state index contributed by atoms with van der Waals surface area (Å²) in [4.78, 5) is 46.1. The number of hydrogen-bond acceptors (Lipinski definition) is 6. The van der Waals surface area contributed by atoms with E-state index in [1.165, 1.54) is 6.92 Å². The highest BCUT2D eigenvalue weighted by molar-refractivity contribution is 5.94. The first-order valence-electron chi connectivity index (χ1n) is 6.85. The Labute approximate surface area is 126 Å². The van der Waals surface area contributed by atoms with Gasteiger partial charge in [0.25, 0.3) is 0 Å². The molecule has 2 aliphatic rings. The van der Waals surface area contributed by atoms with Gasteiger partial charge in [-0.05, 0) is 19.8 Å². The van der Waals surface area contributed by atoms with Crippen LogP contribution in [0.5, 0.6) is 0 Å². The Balaban J connectivity index is 2.00. The molecular formula is C14H17NO7. The Kier molecular flexibility index (Phi) is 4.20. The van der Waals surface area contributed by atoms with Crippen LogP contribution in [0.2, 0.25) is 0 Å². The van der Waals surface area contributed by atoms with E-state index in [-0.39, 0.29) is 18.4 Å². The fourth-order valence-electron chi connectivity index (χ4n) is 2.68. The minimum Gasteiger partial charge on any atom is -0.478 e. The third-order valence-electron chi connectivity index (χ3n) is 3.88. The van der Waals surface area contributed by atoms with Gasteiger partial charge in [-0.2, -0.15) is 0 Å². The van der Waals surface area contributed by atoms with Crippen molar-refractivity contribution in [2.24, 2.45) is 5.92 Å². The van der Waals surface area contributed by atoms with E-state index in [4.69, 9.17) is 9.47 Å². The number of carboxylic acids is 1. The average Bonchev–Trinajstić information content (AvgIpc) is 2.73. The largest absolute Gasteiger partial charge is 0.478 e. The van der Waals surface area contributed by atoms with Crippen LogP contribution < -0.4 is 5.32 Å². The molecule has 2 bridgehead atoms. The van der Waals surface area contributed by atoms with Crippen molar-refractivity contribution in [3.05, 3.63) is 12.2 Å². The van der Waals surface area contributed by atoms with Gasteiger partial charge in [0, 0.05) is 12.0 Å². The van der Waals surface area contributed by atoms with Crippen molar-refractivity contribution < 1.29 is 33.8 Å². The van der Waals surface area contributed by atoms with Gasteiger partial charge in [-0.1, -0.05) is 6.58 Å². The lowest BCUT2D eigenvalue weighted by atomic mass is 9.78. The minimum absolute atomic E-state index is 0.00274. The molecule has 2 fully saturated rings. The molecule has 1 saturated carbocycles. The number of carbonyl (C=O) groups is 4. The fraction of sp³-hybridized carbons (Fsp3) is 0.571. The third kappa shape index (κ3) is 2.81. The highest BCUT2D eigenvalue weighted by Gasteiger charge is 2.62. The summed E-state index contributed by atoms with van der Waals surface area (Å²) in [6, 6.07) is 0. The maximum atomic E-state index is 11.8. The molecule has 1 heterocycles. The molecule has 8 heteroatoms. The fourth-order valence-corrected chi connectivity index (χ4v) is 2.68. The van der Waals surface area contributed by atoms with Crippen molar-refractivity contribution in [2.45, 2.75) is 37.9 Å². The normalized spacial score (nSPS) is 29.4. The standard InChI is InChI=1S/C14H17NO7/c1-7(2)11(17)15-6-10(16)21-9-4-3-8-5-14(9,13(19)20)22-12(8)18/h8-9H,1,3-6H2,2H3,(H,15,17)(H,19,20). The summed E-state index contributed by atoms with van der Waals surface area (Å²) in [6.45, 7) is 4.50. The Bertz CT molecular complexity index is 555. The maximum absolute atomic E-state index is 11.8. The van der Waals surface area contributed by atoms with Crippen LogP contribution in [0.1, 0.15) is 26.2 Å². The molecule has 1 amide bonds. The zero-order chi connectivity index (χ0) is 16.5. The number of rotatable bonds is 5. The lowest BCUT2D eigenvalue weighted by Gasteiger charge is -2.33. The van der Waals surface area contributed by atoms with E-state index < -0.39 is 48.0 Å². The van der Waals surface area contributed by atoms with E-state index in [2.05, 4.69) is 11.9 Å². The molecule has 0 aromatic heterocycles. The molecular weight excluding hydrogens is 294 g/mol. The summed E-state index contributed by atoms with van der Waals surface area (Å²) in [5.41, 5.74) is -1.58. The van der Waals surface area contributed by atoms with Crippen LogP contribution in [0.15, 0.2) is 12.2 Å². The number of amides is 1. The SMILES string of the molecule is C=C(C)C(=O)NCC(=O)OC1CCC2CC1(C(=O)O)OC2=O. The van der Waals surface area contributed by atoms with Gasteiger partial charge in [0.05, 0.1) is 5.92 Å². The van der Waals surface area contributed by atoms with Crippen molar-refractivity contribution in [2.75, 3.05) is 6.54 Å². The molecule has 0 spiro atoms. The van der Waals surface area contributed by atoms with Crippen molar-refractivity contribution in [3.8, 4) is 0 Å². The molecule has 2 rings (SSSR count). The summed E-state index contributed by atoms with van der Waals surface area (Å²) < 4.78 is 10.1. The quantitative estimate of drug-likeness (QED) is 0.531. The lowest BCUT2D eigenvalue weighted by molar-refractivity contribution is -0.190. The highest BCUT2D eigenvalue weighted by atomic mass is 16.6. The van der Waals surface area contributed by atoms with Gasteiger partial charge >= 0.3 is 17.9 Å². The third-order valence-corrected chi connectivity index (χ3v) is 3.88. The van der Waals surface area contributed by atoms with Gasteiger partial charge in [-0.15, -0.1) is 0 Å². The Morgan fingerprint density at radius 2 is 2.14 bits per heavy atom. The highest BCUT2D eigenvalue weighted by Crippen LogP contribution is 2.44. The number of hydrogen-bond donors (Lipinski definition) is 2. The molecule has 0 aromatic carbocycles. The van der Waals surface area contributed by atoms with E-state index in [1.54, 1.807) is 0 Å². The molecule has 3 unspecified atom stereocenters. The Hall–Kier alpha value is -2.38. The lowest BCUT2D eigenvalue weighted by Crippen LogP contribution is -2.53. The summed E-state index contributed by atoms with van der Waals surface area (Å²) in [5, 5.41) is 11.7. The first-order valence-corrected chi connectivity index (χ1v) is 6.85. The molecule has 0 radical (unpaired) electrons. The van der Waals surface area contributed by atoms with Gasteiger partial charge in [0.2, 0.25) is 11.5 Å². The molecule has 22 heavy (non-hydrogen) atoms. The number of ether oxygens (including phenoxy) is 2. The van der Waals surface area contributed by atoms with Crippen LogP contribution >= 0.6 is 0 Å². The van der Waals surface area contributed by atoms with Crippen molar-refractivity contribution in [1.29, 1.82) is 0 Å². The van der Waals surface area contributed by atoms with E-state index in [0.717, 1.165) is 0 Å². The van der Waals surface area contributed by atoms with Gasteiger partial charge in [0.15, 0.2) is 6.10 Å². The van der Waals surface area contributed by atoms with Crippen LogP contribution in [-0.2, 0) is 28.7 Å². The Morgan fingerprint density at radius 3 is 2.73 bits per heavy atom. The monoisotopic (exact) mass is 311 g/mol. The number of nitrogens with one attached hydrogen (secondary N) is 1. The molecule has 0 aromatic rings. The number of fused-ring (bicyclic) bond motifs is 2. The molecule has 1 aliphatic heterocycles. The first-order chi connectivity index (χ1) is 10.3.